The highest BCUT2D eigenvalue weighted by Gasteiger charge is 2.27. The fraction of sp³-hybridized carbons (Fsp3) is 0.263. The highest BCUT2D eigenvalue weighted by Crippen LogP contribution is 2.22. The number of fused-ring (bicyclic) bond motifs is 1. The molecule has 0 spiro atoms. The van der Waals surface area contributed by atoms with Gasteiger partial charge in [0.15, 0.2) is 0 Å². The van der Waals surface area contributed by atoms with Crippen molar-refractivity contribution in [2.75, 3.05) is 14.1 Å². The molecule has 7 nitrogen and oxygen atoms in total. The molecule has 3 rings (SSSR count). The number of hydrogen-bond acceptors (Lipinski definition) is 5. The van der Waals surface area contributed by atoms with Crippen molar-refractivity contribution >= 4 is 22.9 Å². The number of likely N-dealkylation sites (N-methyl/N-ethyl adjacent to an activating group) is 1. The molecule has 2 aromatic carbocycles. The molecule has 3 aromatic rings. The van der Waals surface area contributed by atoms with E-state index >= 15 is 0 Å². The highest BCUT2D eigenvalue weighted by molar-refractivity contribution is 5.95. The van der Waals surface area contributed by atoms with Gasteiger partial charge in [-0.2, -0.15) is 0 Å². The second kappa shape index (κ2) is 7.35. The van der Waals surface area contributed by atoms with Crippen molar-refractivity contribution in [3.8, 4) is 0 Å². The van der Waals surface area contributed by atoms with Crippen LogP contribution >= 0.6 is 0 Å². The summed E-state index contributed by atoms with van der Waals surface area (Å²) in [6, 6.07) is 14.0. The Morgan fingerprint density at radius 2 is 1.88 bits per heavy atom. The van der Waals surface area contributed by atoms with Gasteiger partial charge in [0.2, 0.25) is 6.10 Å². The number of carbonyl (C=O) groups excluding carboxylic acids is 2. The van der Waals surface area contributed by atoms with Gasteiger partial charge in [-0.25, -0.2) is 9.48 Å². The molecule has 0 unspecified atom stereocenters. The topological polar surface area (TPSA) is 77.3 Å². The van der Waals surface area contributed by atoms with E-state index in [1.807, 2.05) is 13.0 Å². The van der Waals surface area contributed by atoms with Crippen molar-refractivity contribution in [1.82, 2.24) is 19.9 Å². The van der Waals surface area contributed by atoms with Crippen LogP contribution in [-0.2, 0) is 16.1 Å². The molecule has 26 heavy (non-hydrogen) atoms. The highest BCUT2D eigenvalue weighted by atomic mass is 16.5. The summed E-state index contributed by atoms with van der Waals surface area (Å²) in [5.41, 5.74) is 2.40. The summed E-state index contributed by atoms with van der Waals surface area (Å²) in [6.45, 7) is 2.65. The third-order valence-corrected chi connectivity index (χ3v) is 4.04. The van der Waals surface area contributed by atoms with Crippen molar-refractivity contribution in [1.29, 1.82) is 0 Å². The van der Waals surface area contributed by atoms with Crippen LogP contribution in [-0.4, -0.2) is 45.9 Å². The minimum absolute atomic E-state index is 0.303. The van der Waals surface area contributed by atoms with Crippen molar-refractivity contribution < 1.29 is 14.3 Å². The second-order valence-corrected chi connectivity index (χ2v) is 6.04. The molecule has 0 aliphatic rings. The fourth-order valence-corrected chi connectivity index (χ4v) is 2.63. The smallest absolute Gasteiger partial charge is 0.339 e. The van der Waals surface area contributed by atoms with Gasteiger partial charge in [0.1, 0.15) is 5.52 Å². The number of carbonyl (C=O) groups is 2. The van der Waals surface area contributed by atoms with E-state index in [1.54, 1.807) is 61.2 Å². The number of ether oxygens (including phenoxy) is 1. The number of rotatable bonds is 5. The van der Waals surface area contributed by atoms with Gasteiger partial charge in [0.05, 0.1) is 11.1 Å². The largest absolute Gasteiger partial charge is 0.444 e. The summed E-state index contributed by atoms with van der Waals surface area (Å²) in [7, 11) is 3.25. The zero-order chi connectivity index (χ0) is 18.7. The van der Waals surface area contributed by atoms with Crippen LogP contribution in [0.1, 0.15) is 28.9 Å². The van der Waals surface area contributed by atoms with Crippen LogP contribution in [0.15, 0.2) is 48.5 Å². The second-order valence-electron chi connectivity index (χ2n) is 6.04. The number of nitrogens with zero attached hydrogens (tertiary/aromatic N) is 4. The molecule has 1 amide bonds. The van der Waals surface area contributed by atoms with Gasteiger partial charge >= 0.3 is 5.97 Å². The molecule has 1 heterocycles. The van der Waals surface area contributed by atoms with Crippen LogP contribution in [0.25, 0.3) is 11.0 Å². The van der Waals surface area contributed by atoms with Crippen LogP contribution in [0.3, 0.4) is 0 Å². The standard InChI is InChI=1S/C19H20N4O3/c1-4-23-16-11-10-14(12-15(16)20-21-23)19(25)26-17(18(24)22(2)3)13-8-6-5-7-9-13/h5-12,17H,4H2,1-3H3/t17-/m0/s1. The number of amides is 1. The molecule has 134 valence electrons. The van der Waals surface area contributed by atoms with Gasteiger partial charge in [-0.05, 0) is 25.1 Å². The van der Waals surface area contributed by atoms with Crippen LogP contribution in [0, 0.1) is 0 Å². The number of hydrogen-bond donors (Lipinski definition) is 0. The first kappa shape index (κ1) is 17.6. The van der Waals surface area contributed by atoms with E-state index < -0.39 is 12.1 Å². The monoisotopic (exact) mass is 352 g/mol. The summed E-state index contributed by atoms with van der Waals surface area (Å²) in [5.74, 6) is -0.885. The first-order chi connectivity index (χ1) is 12.5. The minimum atomic E-state index is -0.999. The maximum atomic E-state index is 12.6. The number of esters is 1. The molecule has 1 atom stereocenters. The van der Waals surface area contributed by atoms with Crippen molar-refractivity contribution in [3.05, 3.63) is 59.7 Å². The van der Waals surface area contributed by atoms with Crippen molar-refractivity contribution in [2.45, 2.75) is 19.6 Å². The van der Waals surface area contributed by atoms with E-state index in [9.17, 15) is 9.59 Å². The average Bonchev–Trinajstić information content (AvgIpc) is 3.08. The molecule has 0 aliphatic heterocycles. The van der Waals surface area contributed by atoms with E-state index in [-0.39, 0.29) is 5.91 Å². The summed E-state index contributed by atoms with van der Waals surface area (Å²) in [5, 5.41) is 8.09. The molecule has 0 saturated carbocycles. The molecule has 0 saturated heterocycles. The summed E-state index contributed by atoms with van der Waals surface area (Å²) >= 11 is 0. The predicted molar refractivity (Wildman–Crippen MR) is 96.5 cm³/mol. The fourth-order valence-electron chi connectivity index (χ4n) is 2.63. The lowest BCUT2D eigenvalue weighted by Crippen LogP contribution is -2.31. The van der Waals surface area contributed by atoms with E-state index in [2.05, 4.69) is 10.3 Å². The zero-order valence-electron chi connectivity index (χ0n) is 14.9. The Balaban J connectivity index is 1.89. The molecular weight excluding hydrogens is 332 g/mol. The van der Waals surface area contributed by atoms with E-state index in [4.69, 9.17) is 4.74 Å². The Morgan fingerprint density at radius 1 is 1.15 bits per heavy atom. The molecule has 0 radical (unpaired) electrons. The van der Waals surface area contributed by atoms with E-state index in [0.29, 0.717) is 23.2 Å². The molecular formula is C19H20N4O3. The normalized spacial score (nSPS) is 12.0. The minimum Gasteiger partial charge on any atom is -0.444 e. The van der Waals surface area contributed by atoms with E-state index in [0.717, 1.165) is 5.52 Å². The van der Waals surface area contributed by atoms with Crippen LogP contribution < -0.4 is 0 Å². The molecule has 1 aromatic heterocycles. The first-order valence-corrected chi connectivity index (χ1v) is 8.31. The first-order valence-electron chi connectivity index (χ1n) is 8.31. The molecule has 0 aliphatic carbocycles. The van der Waals surface area contributed by atoms with Gasteiger partial charge in [-0.3, -0.25) is 4.79 Å². The van der Waals surface area contributed by atoms with Crippen LogP contribution in [0.5, 0.6) is 0 Å². The number of aryl methyl sites for hydroxylation is 1. The Kier molecular flexibility index (Phi) is 4.97. The zero-order valence-corrected chi connectivity index (χ0v) is 14.9. The molecule has 7 heteroatoms. The Hall–Kier alpha value is -3.22. The summed E-state index contributed by atoms with van der Waals surface area (Å²) in [6.07, 6.45) is -0.999. The Morgan fingerprint density at radius 3 is 2.54 bits per heavy atom. The summed E-state index contributed by atoms with van der Waals surface area (Å²) in [4.78, 5) is 26.5. The third-order valence-electron chi connectivity index (χ3n) is 4.04. The van der Waals surface area contributed by atoms with Crippen LogP contribution in [0.2, 0.25) is 0 Å². The van der Waals surface area contributed by atoms with Gasteiger partial charge in [-0.15, -0.1) is 5.10 Å². The van der Waals surface area contributed by atoms with Gasteiger partial charge in [-0.1, -0.05) is 35.5 Å². The van der Waals surface area contributed by atoms with Gasteiger partial charge < -0.3 is 9.64 Å². The number of benzene rings is 2. The summed E-state index contributed by atoms with van der Waals surface area (Å²) < 4.78 is 7.29. The SMILES string of the molecule is CCn1nnc2cc(C(=O)O[C@H](C(=O)N(C)C)c3ccccc3)ccc21. The molecule has 0 N–H and O–H groups in total. The third kappa shape index (κ3) is 3.42. The lowest BCUT2D eigenvalue weighted by atomic mass is 10.1. The lowest BCUT2D eigenvalue weighted by molar-refractivity contribution is -0.138. The Labute approximate surface area is 151 Å². The molecule has 0 bridgehead atoms. The maximum absolute atomic E-state index is 12.6. The maximum Gasteiger partial charge on any atom is 0.339 e. The van der Waals surface area contributed by atoms with Gasteiger partial charge in [0.25, 0.3) is 5.91 Å². The Bertz CT molecular complexity index is 934. The van der Waals surface area contributed by atoms with E-state index in [1.165, 1.54) is 4.90 Å². The van der Waals surface area contributed by atoms with Crippen molar-refractivity contribution in [2.24, 2.45) is 0 Å². The van der Waals surface area contributed by atoms with Gasteiger partial charge in [0, 0.05) is 26.2 Å². The number of aromatic nitrogens is 3. The average molecular weight is 352 g/mol. The predicted octanol–water partition coefficient (Wildman–Crippen LogP) is 2.44. The lowest BCUT2D eigenvalue weighted by Gasteiger charge is -2.21. The molecule has 0 fully saturated rings. The quantitative estimate of drug-likeness (QED) is 0.659. The van der Waals surface area contributed by atoms with Crippen LogP contribution in [0.4, 0.5) is 0 Å². The van der Waals surface area contributed by atoms with Crippen molar-refractivity contribution in [3.63, 3.8) is 0 Å².